The molecule has 0 amide bonds. The van der Waals surface area contributed by atoms with E-state index >= 15 is 0 Å². The van der Waals surface area contributed by atoms with E-state index in [1.807, 2.05) is 0 Å². The molecule has 4 heteroatoms. The number of oxazole rings is 1. The summed E-state index contributed by atoms with van der Waals surface area (Å²) in [5.74, 6) is 0.776. The normalized spacial score (nSPS) is 10.2. The minimum atomic E-state index is -0.648. The van der Waals surface area contributed by atoms with Crippen molar-refractivity contribution in [1.29, 1.82) is 0 Å². The smallest absolute Gasteiger partial charge is 0.225 e. The van der Waals surface area contributed by atoms with Crippen LogP contribution in [-0.4, -0.2) is 11.5 Å². The second-order valence-electron chi connectivity index (χ2n) is 1.89. The van der Waals surface area contributed by atoms with Crippen molar-refractivity contribution in [2.45, 2.75) is 13.1 Å². The highest BCUT2D eigenvalue weighted by molar-refractivity contribution is 4.93. The molecule has 1 aromatic rings. The van der Waals surface area contributed by atoms with Crippen LogP contribution >= 0.6 is 0 Å². The Labute approximate surface area is 58.0 Å². The Hall–Kier alpha value is -0.900. The summed E-state index contributed by atoms with van der Waals surface area (Å²) in [6.07, 6.45) is 2.12. The summed E-state index contributed by atoms with van der Waals surface area (Å²) in [7, 11) is 0. The Morgan fingerprint density at radius 1 is 1.70 bits per heavy atom. The van der Waals surface area contributed by atoms with Gasteiger partial charge in [0, 0.05) is 6.42 Å². The molecule has 0 radical (unpaired) electrons. The van der Waals surface area contributed by atoms with E-state index in [2.05, 4.69) is 4.98 Å². The molecule has 0 atom stereocenters. The van der Waals surface area contributed by atoms with E-state index in [4.69, 9.17) is 10.2 Å². The van der Waals surface area contributed by atoms with Gasteiger partial charge in [-0.05, 0) is 6.54 Å². The van der Waals surface area contributed by atoms with Crippen molar-refractivity contribution in [2.75, 3.05) is 6.54 Å². The molecule has 56 valence electrons. The van der Waals surface area contributed by atoms with Crippen molar-refractivity contribution in [2.24, 2.45) is 5.73 Å². The summed E-state index contributed by atoms with van der Waals surface area (Å²) in [5.41, 5.74) is 5.23. The fourth-order valence-electron chi connectivity index (χ4n) is 0.668. The van der Waals surface area contributed by atoms with Gasteiger partial charge in [-0.1, -0.05) is 0 Å². The highest BCUT2D eigenvalue weighted by atomic mass is 19.1. The molecule has 0 saturated heterocycles. The van der Waals surface area contributed by atoms with Crippen molar-refractivity contribution in [3.05, 3.63) is 17.8 Å². The van der Waals surface area contributed by atoms with Gasteiger partial charge in [-0.3, -0.25) is 0 Å². The highest BCUT2D eigenvalue weighted by Gasteiger charge is 2.00. The average molecular weight is 144 g/mol. The van der Waals surface area contributed by atoms with E-state index in [1.54, 1.807) is 0 Å². The van der Waals surface area contributed by atoms with Crippen LogP contribution in [-0.2, 0) is 13.1 Å². The molecule has 3 nitrogen and oxygen atoms in total. The van der Waals surface area contributed by atoms with Crippen molar-refractivity contribution >= 4 is 0 Å². The molecule has 0 unspecified atom stereocenters. The van der Waals surface area contributed by atoms with Crippen molar-refractivity contribution in [1.82, 2.24) is 4.98 Å². The maximum Gasteiger partial charge on any atom is 0.225 e. The van der Waals surface area contributed by atoms with Crippen LogP contribution in [0.3, 0.4) is 0 Å². The Kier molecular flexibility index (Phi) is 2.39. The molecule has 1 rings (SSSR count). The quantitative estimate of drug-likeness (QED) is 0.677. The Bertz CT molecular complexity index is 199. The van der Waals surface area contributed by atoms with Gasteiger partial charge in [0.05, 0.1) is 6.20 Å². The largest absolute Gasteiger partial charge is 0.443 e. The number of hydrogen-bond acceptors (Lipinski definition) is 3. The van der Waals surface area contributed by atoms with Crippen molar-refractivity contribution in [3.8, 4) is 0 Å². The lowest BCUT2D eigenvalue weighted by molar-refractivity contribution is 0.366. The fraction of sp³-hybridized carbons (Fsp3) is 0.500. The van der Waals surface area contributed by atoms with Crippen LogP contribution in [0.4, 0.5) is 4.39 Å². The lowest BCUT2D eigenvalue weighted by atomic mass is 10.4. The van der Waals surface area contributed by atoms with Crippen LogP contribution < -0.4 is 5.73 Å². The van der Waals surface area contributed by atoms with Crippen LogP contribution in [0.5, 0.6) is 0 Å². The molecule has 0 spiro atoms. The lowest BCUT2D eigenvalue weighted by Crippen LogP contribution is -2.01. The van der Waals surface area contributed by atoms with Gasteiger partial charge in [0.25, 0.3) is 0 Å². The third kappa shape index (κ3) is 1.54. The van der Waals surface area contributed by atoms with E-state index in [0.717, 1.165) is 0 Å². The van der Waals surface area contributed by atoms with Gasteiger partial charge in [-0.15, -0.1) is 0 Å². The van der Waals surface area contributed by atoms with Crippen LogP contribution in [0.25, 0.3) is 0 Å². The first-order chi connectivity index (χ1) is 4.86. The number of hydrogen-bond donors (Lipinski definition) is 1. The molecule has 0 fully saturated rings. The average Bonchev–Trinajstić information content (AvgIpc) is 2.37. The first-order valence-electron chi connectivity index (χ1n) is 3.06. The van der Waals surface area contributed by atoms with Crippen LogP contribution in [0, 0.1) is 0 Å². The molecule has 0 aliphatic rings. The zero-order chi connectivity index (χ0) is 7.40. The molecule has 1 heterocycles. The highest BCUT2D eigenvalue weighted by Crippen LogP contribution is 2.04. The van der Waals surface area contributed by atoms with E-state index in [0.29, 0.717) is 18.7 Å². The monoisotopic (exact) mass is 144 g/mol. The van der Waals surface area contributed by atoms with E-state index in [9.17, 15) is 4.39 Å². The van der Waals surface area contributed by atoms with E-state index in [-0.39, 0.29) is 5.89 Å². The summed E-state index contributed by atoms with van der Waals surface area (Å²) >= 11 is 0. The third-order valence-corrected chi connectivity index (χ3v) is 1.11. The minimum absolute atomic E-state index is 0.128. The zero-order valence-corrected chi connectivity index (χ0v) is 5.51. The second kappa shape index (κ2) is 3.31. The number of halogens is 1. The Morgan fingerprint density at radius 2 is 2.50 bits per heavy atom. The summed E-state index contributed by atoms with van der Waals surface area (Å²) in [6, 6.07) is 0. The SMILES string of the molecule is NCCc1cnc(CF)o1. The standard InChI is InChI=1S/C6H9FN2O/c7-3-6-9-4-5(10-6)1-2-8/h4H,1-3,8H2. The second-order valence-corrected chi connectivity index (χ2v) is 1.89. The topological polar surface area (TPSA) is 52.0 Å². The molecule has 0 saturated carbocycles. The first kappa shape index (κ1) is 7.21. The maximum absolute atomic E-state index is 11.8. The Morgan fingerprint density at radius 3 is 3.00 bits per heavy atom. The number of rotatable bonds is 3. The van der Waals surface area contributed by atoms with Gasteiger partial charge in [-0.25, -0.2) is 9.37 Å². The van der Waals surface area contributed by atoms with Crippen LogP contribution in [0.15, 0.2) is 10.6 Å². The van der Waals surface area contributed by atoms with Gasteiger partial charge in [0.15, 0.2) is 6.67 Å². The molecular weight excluding hydrogens is 135 g/mol. The lowest BCUT2D eigenvalue weighted by Gasteiger charge is -1.87. The molecule has 0 aliphatic carbocycles. The number of nitrogens with two attached hydrogens (primary N) is 1. The van der Waals surface area contributed by atoms with Gasteiger partial charge in [-0.2, -0.15) is 0 Å². The summed E-state index contributed by atoms with van der Waals surface area (Å²) in [4.78, 5) is 3.66. The minimum Gasteiger partial charge on any atom is -0.443 e. The van der Waals surface area contributed by atoms with Gasteiger partial charge in [0.1, 0.15) is 5.76 Å². The molecule has 10 heavy (non-hydrogen) atoms. The molecule has 0 aromatic carbocycles. The van der Waals surface area contributed by atoms with E-state index in [1.165, 1.54) is 6.20 Å². The van der Waals surface area contributed by atoms with Crippen LogP contribution in [0.2, 0.25) is 0 Å². The zero-order valence-electron chi connectivity index (χ0n) is 5.51. The van der Waals surface area contributed by atoms with Gasteiger partial charge >= 0.3 is 0 Å². The molecule has 1 aromatic heterocycles. The summed E-state index contributed by atoms with van der Waals surface area (Å²) in [6.45, 7) is -0.147. The maximum atomic E-state index is 11.8. The predicted octanol–water partition coefficient (Wildman–Crippen LogP) is 0.645. The molecule has 2 N–H and O–H groups in total. The molecular formula is C6H9FN2O. The molecule has 0 bridgehead atoms. The number of alkyl halides is 1. The predicted molar refractivity (Wildman–Crippen MR) is 34.1 cm³/mol. The third-order valence-electron chi connectivity index (χ3n) is 1.11. The summed E-state index contributed by atoms with van der Waals surface area (Å²) in [5, 5.41) is 0. The molecule has 0 aliphatic heterocycles. The van der Waals surface area contributed by atoms with Gasteiger partial charge < -0.3 is 10.2 Å². The fourth-order valence-corrected chi connectivity index (χ4v) is 0.668. The Balaban J connectivity index is 2.59. The van der Waals surface area contributed by atoms with Crippen molar-refractivity contribution in [3.63, 3.8) is 0 Å². The van der Waals surface area contributed by atoms with Crippen LogP contribution in [0.1, 0.15) is 11.7 Å². The van der Waals surface area contributed by atoms with E-state index < -0.39 is 6.67 Å². The van der Waals surface area contributed by atoms with Crippen molar-refractivity contribution < 1.29 is 8.81 Å². The van der Waals surface area contributed by atoms with Gasteiger partial charge in [0.2, 0.25) is 5.89 Å². The number of nitrogens with zero attached hydrogens (tertiary/aromatic N) is 1. The number of aromatic nitrogens is 1. The first-order valence-corrected chi connectivity index (χ1v) is 3.06. The summed E-state index contributed by atoms with van der Waals surface area (Å²) < 4.78 is 16.7.